The van der Waals surface area contributed by atoms with Crippen LogP contribution in [0.5, 0.6) is 0 Å². The Bertz CT molecular complexity index is 601. The number of hydrogen-bond donors (Lipinski definition) is 1. The van der Waals surface area contributed by atoms with Gasteiger partial charge >= 0.3 is 0 Å². The van der Waals surface area contributed by atoms with E-state index in [4.69, 9.17) is 0 Å². The molecule has 0 radical (unpaired) electrons. The standard InChI is InChI=1S/C17H18BrF2N/c1-11(12-6-4-3-5-7-12)16(21-2)10-13-15(19)9-8-14(18)17(13)20/h3-9,11,16,21H,10H2,1-2H3. The van der Waals surface area contributed by atoms with E-state index in [1.807, 2.05) is 37.4 Å². The van der Waals surface area contributed by atoms with Gasteiger partial charge in [-0.3, -0.25) is 0 Å². The van der Waals surface area contributed by atoms with Crippen molar-refractivity contribution >= 4 is 15.9 Å². The molecule has 2 unspecified atom stereocenters. The average Bonchev–Trinajstić information content (AvgIpc) is 2.52. The van der Waals surface area contributed by atoms with E-state index < -0.39 is 11.6 Å². The van der Waals surface area contributed by atoms with Crippen LogP contribution in [0.4, 0.5) is 8.78 Å². The van der Waals surface area contributed by atoms with Gasteiger partial charge in [0.05, 0.1) is 4.47 Å². The van der Waals surface area contributed by atoms with E-state index in [0.717, 1.165) is 5.56 Å². The van der Waals surface area contributed by atoms with Gasteiger partial charge in [0.1, 0.15) is 11.6 Å². The summed E-state index contributed by atoms with van der Waals surface area (Å²) in [7, 11) is 1.82. The molecule has 2 atom stereocenters. The zero-order valence-electron chi connectivity index (χ0n) is 12.0. The first-order valence-electron chi connectivity index (χ1n) is 6.89. The fourth-order valence-corrected chi connectivity index (χ4v) is 2.87. The quantitative estimate of drug-likeness (QED) is 0.770. The maximum atomic E-state index is 14.1. The first kappa shape index (κ1) is 16.1. The highest BCUT2D eigenvalue weighted by molar-refractivity contribution is 9.10. The van der Waals surface area contributed by atoms with E-state index in [0.29, 0.717) is 10.9 Å². The second kappa shape index (κ2) is 7.14. The average molecular weight is 354 g/mol. The van der Waals surface area contributed by atoms with Crippen LogP contribution in [0, 0.1) is 11.6 Å². The van der Waals surface area contributed by atoms with E-state index in [9.17, 15) is 8.78 Å². The van der Waals surface area contributed by atoms with Crippen LogP contribution in [0.15, 0.2) is 46.9 Å². The van der Waals surface area contributed by atoms with Gasteiger partial charge in [0, 0.05) is 11.6 Å². The number of hydrogen-bond acceptors (Lipinski definition) is 1. The van der Waals surface area contributed by atoms with Crippen LogP contribution < -0.4 is 5.32 Å². The summed E-state index contributed by atoms with van der Waals surface area (Å²) in [5.41, 5.74) is 1.26. The van der Waals surface area contributed by atoms with Crippen molar-refractivity contribution < 1.29 is 8.78 Å². The fraction of sp³-hybridized carbons (Fsp3) is 0.294. The predicted molar refractivity (Wildman–Crippen MR) is 85.5 cm³/mol. The van der Waals surface area contributed by atoms with Crippen molar-refractivity contribution in [3.63, 3.8) is 0 Å². The molecule has 1 nitrogen and oxygen atoms in total. The Kier molecular flexibility index (Phi) is 5.48. The molecule has 2 aromatic carbocycles. The Labute approximate surface area is 132 Å². The molecular weight excluding hydrogens is 336 g/mol. The molecule has 0 saturated heterocycles. The van der Waals surface area contributed by atoms with Gasteiger partial charge < -0.3 is 5.32 Å². The third-order valence-electron chi connectivity index (χ3n) is 3.86. The second-order valence-electron chi connectivity index (χ2n) is 5.12. The van der Waals surface area contributed by atoms with Gasteiger partial charge in [0.2, 0.25) is 0 Å². The van der Waals surface area contributed by atoms with Gasteiger partial charge in [-0.05, 0) is 53.0 Å². The summed E-state index contributed by atoms with van der Waals surface area (Å²) in [6.45, 7) is 2.06. The lowest BCUT2D eigenvalue weighted by atomic mass is 9.89. The van der Waals surface area contributed by atoms with Gasteiger partial charge in [-0.2, -0.15) is 0 Å². The van der Waals surface area contributed by atoms with Crippen LogP contribution in [-0.2, 0) is 6.42 Å². The van der Waals surface area contributed by atoms with Crippen LogP contribution >= 0.6 is 15.9 Å². The Hall–Kier alpha value is -1.26. The van der Waals surface area contributed by atoms with Crippen molar-refractivity contribution in [2.24, 2.45) is 0 Å². The highest BCUT2D eigenvalue weighted by Gasteiger charge is 2.22. The molecule has 0 heterocycles. The van der Waals surface area contributed by atoms with Crippen LogP contribution in [0.25, 0.3) is 0 Å². The normalized spacial score (nSPS) is 14.0. The summed E-state index contributed by atoms with van der Waals surface area (Å²) < 4.78 is 28.3. The molecule has 1 N–H and O–H groups in total. The van der Waals surface area contributed by atoms with Crippen LogP contribution in [0.2, 0.25) is 0 Å². The molecule has 0 aliphatic carbocycles. The van der Waals surface area contributed by atoms with E-state index in [2.05, 4.69) is 28.2 Å². The van der Waals surface area contributed by atoms with Gasteiger partial charge in [-0.25, -0.2) is 8.78 Å². The van der Waals surface area contributed by atoms with E-state index in [1.165, 1.54) is 12.1 Å². The second-order valence-corrected chi connectivity index (χ2v) is 5.97. The molecule has 0 saturated carbocycles. The van der Waals surface area contributed by atoms with Gasteiger partial charge in [0.15, 0.2) is 0 Å². The summed E-state index contributed by atoms with van der Waals surface area (Å²) in [6, 6.07) is 12.6. The molecule has 0 aliphatic heterocycles. The highest BCUT2D eigenvalue weighted by atomic mass is 79.9. The highest BCUT2D eigenvalue weighted by Crippen LogP contribution is 2.26. The van der Waals surface area contributed by atoms with Crippen molar-refractivity contribution in [3.8, 4) is 0 Å². The molecule has 0 bridgehead atoms. The SMILES string of the molecule is CNC(Cc1c(F)ccc(Br)c1F)C(C)c1ccccc1. The summed E-state index contributed by atoms with van der Waals surface area (Å²) in [5, 5.41) is 3.17. The lowest BCUT2D eigenvalue weighted by molar-refractivity contribution is 0.456. The molecule has 21 heavy (non-hydrogen) atoms. The van der Waals surface area contributed by atoms with E-state index in [1.54, 1.807) is 0 Å². The zero-order valence-corrected chi connectivity index (χ0v) is 13.6. The first-order chi connectivity index (χ1) is 10.0. The van der Waals surface area contributed by atoms with Crippen LogP contribution in [0.3, 0.4) is 0 Å². The van der Waals surface area contributed by atoms with E-state index in [-0.39, 0.29) is 17.5 Å². The maximum Gasteiger partial charge on any atom is 0.143 e. The third-order valence-corrected chi connectivity index (χ3v) is 4.48. The first-order valence-corrected chi connectivity index (χ1v) is 7.68. The molecule has 2 rings (SSSR count). The number of halogens is 3. The van der Waals surface area contributed by atoms with E-state index >= 15 is 0 Å². The minimum Gasteiger partial charge on any atom is -0.316 e. The number of benzene rings is 2. The van der Waals surface area contributed by atoms with Crippen molar-refractivity contribution in [3.05, 3.63) is 69.7 Å². The molecule has 0 spiro atoms. The predicted octanol–water partition coefficient (Wildman–Crippen LogP) is 4.66. The van der Waals surface area contributed by atoms with Gasteiger partial charge in [-0.15, -0.1) is 0 Å². The number of nitrogens with one attached hydrogen (secondary N) is 1. The smallest absolute Gasteiger partial charge is 0.143 e. The molecule has 4 heteroatoms. The topological polar surface area (TPSA) is 12.0 Å². The molecule has 0 fully saturated rings. The van der Waals surface area contributed by atoms with Crippen molar-refractivity contribution in [2.75, 3.05) is 7.05 Å². The fourth-order valence-electron chi connectivity index (χ4n) is 2.49. The number of likely N-dealkylation sites (N-methyl/N-ethyl adjacent to an activating group) is 1. The Morgan fingerprint density at radius 3 is 2.38 bits per heavy atom. The Morgan fingerprint density at radius 1 is 1.10 bits per heavy atom. The summed E-state index contributed by atoms with van der Waals surface area (Å²) in [5.74, 6) is -0.874. The molecule has 0 amide bonds. The lowest BCUT2D eigenvalue weighted by Crippen LogP contribution is -2.33. The Morgan fingerprint density at radius 2 is 1.76 bits per heavy atom. The lowest BCUT2D eigenvalue weighted by Gasteiger charge is -2.24. The molecule has 2 aromatic rings. The maximum absolute atomic E-state index is 14.1. The molecule has 0 aromatic heterocycles. The zero-order chi connectivity index (χ0) is 15.4. The summed E-state index contributed by atoms with van der Waals surface area (Å²) in [4.78, 5) is 0. The van der Waals surface area contributed by atoms with Gasteiger partial charge in [-0.1, -0.05) is 37.3 Å². The molecule has 0 aliphatic rings. The minimum absolute atomic E-state index is 0.0503. The molecular formula is C17H18BrF2N. The van der Waals surface area contributed by atoms with Crippen molar-refractivity contribution in [1.82, 2.24) is 5.32 Å². The van der Waals surface area contributed by atoms with Gasteiger partial charge in [0.25, 0.3) is 0 Å². The van der Waals surface area contributed by atoms with Crippen LogP contribution in [0.1, 0.15) is 24.0 Å². The largest absolute Gasteiger partial charge is 0.316 e. The Balaban J connectivity index is 2.26. The number of rotatable bonds is 5. The van der Waals surface area contributed by atoms with Crippen LogP contribution in [-0.4, -0.2) is 13.1 Å². The minimum atomic E-state index is -0.518. The summed E-state index contributed by atoms with van der Waals surface area (Å²) >= 11 is 3.11. The molecule has 112 valence electrons. The van der Waals surface area contributed by atoms with Crippen molar-refractivity contribution in [2.45, 2.75) is 25.3 Å². The third kappa shape index (κ3) is 3.69. The summed E-state index contributed by atoms with van der Waals surface area (Å²) in [6.07, 6.45) is 0.295. The van der Waals surface area contributed by atoms with Crippen molar-refractivity contribution in [1.29, 1.82) is 0 Å². The monoisotopic (exact) mass is 353 g/mol.